The Morgan fingerprint density at radius 3 is 1.21 bits per heavy atom. The van der Waals surface area contributed by atoms with Crippen LogP contribution >= 0.6 is 0 Å². The minimum atomic E-state index is 0.532. The van der Waals surface area contributed by atoms with Gasteiger partial charge in [0.25, 0.3) is 0 Å². The van der Waals surface area contributed by atoms with E-state index < -0.39 is 0 Å². The van der Waals surface area contributed by atoms with E-state index in [1.54, 1.807) is 22.3 Å². The standard InChI is InChI=1S/C23H30.C19H22/c1-12(2)23-21-9-13(3)15(5)17(7)19(21)11-20-18(8)16(6)14(4)10-22(20)23;1-12(2)19-17-7-5-13(3)9-15(17)11-16-10-14(4)6-8-18(16)19/h9-10,12,23H,11H2,1-8H3;5-10,12,19H,11H2,1-4H3. The van der Waals surface area contributed by atoms with Crippen LogP contribution in [0.2, 0.25) is 0 Å². The lowest BCUT2D eigenvalue weighted by atomic mass is 9.69. The van der Waals surface area contributed by atoms with Gasteiger partial charge in [-0.05, 0) is 158 Å². The number of rotatable bonds is 2. The molecule has 0 saturated heterocycles. The van der Waals surface area contributed by atoms with Crippen molar-refractivity contribution in [1.82, 2.24) is 0 Å². The molecule has 0 radical (unpaired) electrons. The average Bonchev–Trinajstić information content (AvgIpc) is 2.92. The van der Waals surface area contributed by atoms with Gasteiger partial charge in [-0.2, -0.15) is 0 Å². The maximum Gasteiger partial charge on any atom is 0.0118 e. The molecule has 2 aliphatic rings. The first-order valence-corrected chi connectivity index (χ1v) is 16.2. The van der Waals surface area contributed by atoms with Crippen LogP contribution in [0.25, 0.3) is 0 Å². The first-order chi connectivity index (χ1) is 19.8. The third-order valence-electron chi connectivity index (χ3n) is 10.7. The molecule has 0 N–H and O–H groups in total. The van der Waals surface area contributed by atoms with E-state index in [2.05, 4.69) is 132 Å². The van der Waals surface area contributed by atoms with Crippen LogP contribution in [-0.2, 0) is 12.8 Å². The van der Waals surface area contributed by atoms with Crippen LogP contribution < -0.4 is 0 Å². The highest BCUT2D eigenvalue weighted by molar-refractivity contribution is 5.59. The first kappa shape index (κ1) is 30.3. The molecule has 0 atom stereocenters. The first-order valence-electron chi connectivity index (χ1n) is 16.2. The molecule has 220 valence electrons. The summed E-state index contributed by atoms with van der Waals surface area (Å²) in [6.07, 6.45) is 2.20. The van der Waals surface area contributed by atoms with Crippen molar-refractivity contribution in [3.63, 3.8) is 0 Å². The largest absolute Gasteiger partial charge is 0.0619 e. The van der Waals surface area contributed by atoms with Crippen molar-refractivity contribution in [2.24, 2.45) is 11.8 Å². The molecule has 0 spiro atoms. The lowest BCUT2D eigenvalue weighted by molar-refractivity contribution is 0.547. The zero-order chi connectivity index (χ0) is 30.6. The van der Waals surface area contributed by atoms with Gasteiger partial charge in [0.2, 0.25) is 0 Å². The Morgan fingerprint density at radius 1 is 0.452 bits per heavy atom. The molecule has 4 aromatic carbocycles. The van der Waals surface area contributed by atoms with Crippen LogP contribution in [0.4, 0.5) is 0 Å². The van der Waals surface area contributed by atoms with Crippen molar-refractivity contribution in [2.45, 2.75) is 108 Å². The van der Waals surface area contributed by atoms with Gasteiger partial charge in [-0.3, -0.25) is 0 Å². The zero-order valence-corrected chi connectivity index (χ0v) is 28.3. The highest BCUT2D eigenvalue weighted by Gasteiger charge is 2.31. The summed E-state index contributed by atoms with van der Waals surface area (Å²) < 4.78 is 0. The van der Waals surface area contributed by atoms with Gasteiger partial charge in [0, 0.05) is 11.8 Å². The van der Waals surface area contributed by atoms with Crippen LogP contribution in [0, 0.1) is 67.2 Å². The molecular weight excluding hydrogens is 504 g/mol. The summed E-state index contributed by atoms with van der Waals surface area (Å²) >= 11 is 0. The normalized spacial score (nSPS) is 14.2. The van der Waals surface area contributed by atoms with Crippen LogP contribution in [0.15, 0.2) is 48.5 Å². The summed E-state index contributed by atoms with van der Waals surface area (Å²) in [5, 5.41) is 0. The Bertz CT molecular complexity index is 1540. The van der Waals surface area contributed by atoms with Crippen molar-refractivity contribution >= 4 is 0 Å². The molecule has 0 aromatic heterocycles. The zero-order valence-electron chi connectivity index (χ0n) is 28.3. The minimum absolute atomic E-state index is 0.532. The molecule has 6 rings (SSSR count). The molecular formula is C42H52. The van der Waals surface area contributed by atoms with Gasteiger partial charge in [-0.15, -0.1) is 0 Å². The second kappa shape index (κ2) is 11.5. The van der Waals surface area contributed by atoms with Crippen LogP contribution in [0.5, 0.6) is 0 Å². The lowest BCUT2D eigenvalue weighted by Crippen LogP contribution is -2.21. The third kappa shape index (κ3) is 5.27. The molecule has 0 heterocycles. The summed E-state index contributed by atoms with van der Waals surface area (Å²) in [6, 6.07) is 18.9. The number of aryl methyl sites for hydroxylation is 4. The van der Waals surface area contributed by atoms with E-state index in [9.17, 15) is 0 Å². The van der Waals surface area contributed by atoms with Gasteiger partial charge in [-0.25, -0.2) is 0 Å². The fraction of sp³-hybridized carbons (Fsp3) is 0.429. The maximum absolute atomic E-state index is 2.47. The molecule has 0 unspecified atom stereocenters. The second-order valence-electron chi connectivity index (χ2n) is 14.2. The summed E-state index contributed by atoms with van der Waals surface area (Å²) in [5.41, 5.74) is 24.0. The topological polar surface area (TPSA) is 0 Å². The van der Waals surface area contributed by atoms with Gasteiger partial charge in [0.05, 0.1) is 0 Å². The molecule has 2 aliphatic carbocycles. The van der Waals surface area contributed by atoms with E-state index in [1.165, 1.54) is 66.8 Å². The predicted octanol–water partition coefficient (Wildman–Crippen LogP) is 11.2. The number of fused-ring (bicyclic) bond motifs is 4. The molecule has 4 aromatic rings. The van der Waals surface area contributed by atoms with Gasteiger partial charge in [0.15, 0.2) is 0 Å². The maximum atomic E-state index is 2.47. The quantitative estimate of drug-likeness (QED) is 0.230. The molecule has 0 fully saturated rings. The SMILES string of the molecule is Cc1cc2c(c(C)c1C)Cc1c(cc(C)c(C)c1C)C2C(C)C.Cc1ccc2c(c1)Cc1cc(C)ccc1C2C(C)C. The van der Waals surface area contributed by atoms with Crippen LogP contribution in [0.1, 0.15) is 129 Å². The minimum Gasteiger partial charge on any atom is -0.0619 e. The Balaban J connectivity index is 0.000000171. The molecule has 0 saturated carbocycles. The summed E-state index contributed by atoms with van der Waals surface area (Å²) in [7, 11) is 0. The van der Waals surface area contributed by atoms with Crippen molar-refractivity contribution in [3.8, 4) is 0 Å². The predicted molar refractivity (Wildman–Crippen MR) is 183 cm³/mol. The van der Waals surface area contributed by atoms with Gasteiger partial charge in [0.1, 0.15) is 0 Å². The molecule has 0 bridgehead atoms. The fourth-order valence-electron chi connectivity index (χ4n) is 7.89. The number of benzene rings is 4. The fourth-order valence-corrected chi connectivity index (χ4v) is 7.89. The van der Waals surface area contributed by atoms with E-state index in [0.717, 1.165) is 12.8 Å². The molecule has 0 amide bonds. The molecule has 0 heteroatoms. The van der Waals surface area contributed by atoms with E-state index in [1.807, 2.05) is 0 Å². The summed E-state index contributed by atoms with van der Waals surface area (Å²) in [6.45, 7) is 27.5. The second-order valence-corrected chi connectivity index (χ2v) is 14.2. The molecule has 0 nitrogen and oxygen atoms in total. The number of hydrogen-bond acceptors (Lipinski definition) is 0. The summed E-state index contributed by atoms with van der Waals surface area (Å²) in [4.78, 5) is 0. The Kier molecular flexibility index (Phi) is 8.32. The highest BCUT2D eigenvalue weighted by atomic mass is 14.4. The van der Waals surface area contributed by atoms with E-state index >= 15 is 0 Å². The van der Waals surface area contributed by atoms with Crippen molar-refractivity contribution in [1.29, 1.82) is 0 Å². The molecule has 42 heavy (non-hydrogen) atoms. The average molecular weight is 557 g/mol. The van der Waals surface area contributed by atoms with Crippen molar-refractivity contribution in [3.05, 3.63) is 138 Å². The van der Waals surface area contributed by atoms with Gasteiger partial charge in [-0.1, -0.05) is 87.4 Å². The highest BCUT2D eigenvalue weighted by Crippen LogP contribution is 2.45. The van der Waals surface area contributed by atoms with E-state index in [-0.39, 0.29) is 0 Å². The Labute approximate surface area is 256 Å². The summed E-state index contributed by atoms with van der Waals surface area (Å²) in [5.74, 6) is 2.35. The van der Waals surface area contributed by atoms with Gasteiger partial charge >= 0.3 is 0 Å². The number of hydrogen-bond donors (Lipinski definition) is 0. The Hall–Kier alpha value is -3.12. The van der Waals surface area contributed by atoms with E-state index in [0.29, 0.717) is 23.7 Å². The monoisotopic (exact) mass is 556 g/mol. The van der Waals surface area contributed by atoms with E-state index in [4.69, 9.17) is 0 Å². The van der Waals surface area contributed by atoms with Crippen molar-refractivity contribution in [2.75, 3.05) is 0 Å². The lowest BCUT2D eigenvalue weighted by Gasteiger charge is -2.35. The third-order valence-corrected chi connectivity index (χ3v) is 10.7. The van der Waals surface area contributed by atoms with Crippen LogP contribution in [0.3, 0.4) is 0 Å². The van der Waals surface area contributed by atoms with Crippen molar-refractivity contribution < 1.29 is 0 Å². The Morgan fingerprint density at radius 2 is 0.833 bits per heavy atom. The smallest absolute Gasteiger partial charge is 0.0118 e. The van der Waals surface area contributed by atoms with Gasteiger partial charge < -0.3 is 0 Å². The molecule has 0 aliphatic heterocycles. The van der Waals surface area contributed by atoms with Crippen LogP contribution in [-0.4, -0.2) is 0 Å².